The molecule has 1 aromatic rings. The Balaban J connectivity index is 0.000000349. The molecule has 0 aromatic heterocycles. The van der Waals surface area contributed by atoms with Gasteiger partial charge < -0.3 is 28.4 Å². The molecule has 14 nitrogen and oxygen atoms in total. The molecule has 3 unspecified atom stereocenters. The van der Waals surface area contributed by atoms with E-state index in [-0.39, 0.29) is 62.2 Å². The lowest BCUT2D eigenvalue weighted by Crippen LogP contribution is -2.25. The summed E-state index contributed by atoms with van der Waals surface area (Å²) in [6, 6.07) is 4.50. The first-order valence-electron chi connectivity index (χ1n) is 12.1. The van der Waals surface area contributed by atoms with Crippen molar-refractivity contribution in [3.05, 3.63) is 34.9 Å². The van der Waals surface area contributed by atoms with E-state index in [2.05, 4.69) is 19.4 Å². The monoisotopic (exact) mass is 556 g/mol. The van der Waals surface area contributed by atoms with Crippen LogP contribution in [0.2, 0.25) is 0 Å². The molecule has 3 atom stereocenters. The van der Waals surface area contributed by atoms with Gasteiger partial charge in [-0.05, 0) is 37.1 Å². The van der Waals surface area contributed by atoms with Crippen LogP contribution >= 0.6 is 0 Å². The molecule has 1 aromatic carbocycles. The molecule has 0 spiro atoms. The zero-order chi connectivity index (χ0) is 28.8. The molecule has 2 fully saturated rings. The normalized spacial score (nSPS) is 18.6. The second kappa shape index (κ2) is 16.3. The van der Waals surface area contributed by atoms with Gasteiger partial charge in [0.15, 0.2) is 12.2 Å². The van der Waals surface area contributed by atoms with Crippen LogP contribution in [0.4, 0.5) is 4.79 Å². The molecule has 14 heteroatoms. The molecule has 216 valence electrons. The van der Waals surface area contributed by atoms with Crippen LogP contribution in [0.5, 0.6) is 0 Å². The fourth-order valence-electron chi connectivity index (χ4n) is 2.94. The predicted octanol–water partition coefficient (Wildman–Crippen LogP) is 2.24. The smallest absolute Gasteiger partial charge is 0.464 e. The Labute approximate surface area is 224 Å². The molecule has 2 aliphatic rings. The molecule has 0 bridgehead atoms. The van der Waals surface area contributed by atoms with Crippen LogP contribution in [0.3, 0.4) is 0 Å². The Kier molecular flexibility index (Phi) is 13.1. The second-order valence-electron chi connectivity index (χ2n) is 8.71. The van der Waals surface area contributed by atoms with E-state index in [0.717, 1.165) is 0 Å². The number of hydrogen-bond acceptors (Lipinski definition) is 14. The van der Waals surface area contributed by atoms with Gasteiger partial charge in [-0.15, -0.1) is 0 Å². The summed E-state index contributed by atoms with van der Waals surface area (Å²) >= 11 is 0. The summed E-state index contributed by atoms with van der Waals surface area (Å²) in [5.41, 5.74) is 1.03. The van der Waals surface area contributed by atoms with E-state index in [0.29, 0.717) is 18.5 Å². The highest BCUT2D eigenvalue weighted by Gasteiger charge is 2.27. The molecule has 0 saturated carbocycles. The van der Waals surface area contributed by atoms with Gasteiger partial charge in [-0.3, -0.25) is 9.59 Å². The van der Waals surface area contributed by atoms with Crippen molar-refractivity contribution < 1.29 is 67.2 Å². The highest BCUT2D eigenvalue weighted by molar-refractivity contribution is 5.95. The molecule has 2 heterocycles. The number of esters is 3. The summed E-state index contributed by atoms with van der Waals surface area (Å²) in [6.07, 6.45) is -1.62. The number of benzene rings is 1. The van der Waals surface area contributed by atoms with Crippen molar-refractivity contribution in [3.8, 4) is 0 Å². The van der Waals surface area contributed by atoms with Crippen LogP contribution in [0, 0.1) is 12.8 Å². The first kappa shape index (κ1) is 31.5. The number of hydrogen-bond donors (Lipinski definition) is 0. The number of carbonyl (C=O) groups is 5. The fourth-order valence-corrected chi connectivity index (χ4v) is 2.94. The number of cyclic esters (lactones) is 2. The van der Waals surface area contributed by atoms with E-state index in [1.54, 1.807) is 32.9 Å². The molecule has 2 saturated heterocycles. The van der Waals surface area contributed by atoms with Gasteiger partial charge in [0.2, 0.25) is 0 Å². The summed E-state index contributed by atoms with van der Waals surface area (Å²) in [5.74, 6) is -1.70. The van der Waals surface area contributed by atoms with E-state index in [4.69, 9.17) is 23.8 Å². The average Bonchev–Trinajstić information content (AvgIpc) is 3.59. The number of ether oxygens (including phenoxy) is 6. The molecular formula is C25H32O14. The van der Waals surface area contributed by atoms with Gasteiger partial charge in [0, 0.05) is 0 Å². The van der Waals surface area contributed by atoms with E-state index in [1.807, 2.05) is 6.92 Å². The quantitative estimate of drug-likeness (QED) is 0.159. The number of carbonyl (C=O) groups excluding carboxylic acids is 5. The minimum atomic E-state index is -0.798. The summed E-state index contributed by atoms with van der Waals surface area (Å²) in [4.78, 5) is 65.4. The maximum atomic E-state index is 12.2. The topological polar surface area (TPSA) is 168 Å². The molecule has 39 heavy (non-hydrogen) atoms. The van der Waals surface area contributed by atoms with E-state index in [9.17, 15) is 24.0 Å². The SMILES string of the molecule is CCC(COC=O)OC(=O)C(C)C.Cc1cc(C(=O)OCC2COOO2)cc(C(=O)OCC2COC(=O)O2)c1. The van der Waals surface area contributed by atoms with Gasteiger partial charge in [0.1, 0.15) is 39.1 Å². The lowest BCUT2D eigenvalue weighted by Gasteiger charge is -2.16. The van der Waals surface area contributed by atoms with Crippen molar-refractivity contribution >= 4 is 30.5 Å². The van der Waals surface area contributed by atoms with Gasteiger partial charge >= 0.3 is 24.1 Å². The summed E-state index contributed by atoms with van der Waals surface area (Å²) in [6.45, 7) is 7.57. The van der Waals surface area contributed by atoms with Crippen molar-refractivity contribution in [2.24, 2.45) is 5.92 Å². The predicted molar refractivity (Wildman–Crippen MR) is 127 cm³/mol. The molecule has 0 radical (unpaired) electrons. The van der Waals surface area contributed by atoms with Gasteiger partial charge in [0.05, 0.1) is 17.0 Å². The minimum absolute atomic E-state index is 0.0220. The van der Waals surface area contributed by atoms with Crippen LogP contribution in [-0.4, -0.2) is 81.9 Å². The molecule has 3 rings (SSSR count). The van der Waals surface area contributed by atoms with Crippen molar-refractivity contribution in [3.63, 3.8) is 0 Å². The van der Waals surface area contributed by atoms with Crippen molar-refractivity contribution in [1.82, 2.24) is 0 Å². The Morgan fingerprint density at radius 3 is 2.15 bits per heavy atom. The summed E-state index contributed by atoms with van der Waals surface area (Å²) < 4.78 is 29.1. The van der Waals surface area contributed by atoms with E-state index >= 15 is 0 Å². The molecule has 0 N–H and O–H groups in total. The van der Waals surface area contributed by atoms with Crippen LogP contribution in [0.1, 0.15) is 53.5 Å². The maximum Gasteiger partial charge on any atom is 0.508 e. The highest BCUT2D eigenvalue weighted by Crippen LogP contribution is 2.15. The Hall–Kier alpha value is -3.75. The summed E-state index contributed by atoms with van der Waals surface area (Å²) in [7, 11) is 0. The van der Waals surface area contributed by atoms with E-state index in [1.165, 1.54) is 6.07 Å². The van der Waals surface area contributed by atoms with Gasteiger partial charge in [-0.1, -0.05) is 25.8 Å². The molecule has 0 aliphatic carbocycles. The van der Waals surface area contributed by atoms with E-state index < -0.39 is 30.3 Å². The largest absolute Gasteiger partial charge is 0.508 e. The standard InChI is InChI=1S/C16H16O10.C9H16O4/c1-9-2-10(14(17)20-5-12-6-22-16(19)24-12)4-11(3-9)15(18)21-7-13-8-23-26-25-13;1-4-8(5-12-6-10)13-9(11)7(2)3/h2-4,12-13H,5-8H2,1H3;6-8H,4-5H2,1-3H3. The van der Waals surface area contributed by atoms with Gasteiger partial charge in [-0.2, -0.15) is 4.89 Å². The lowest BCUT2D eigenvalue weighted by atomic mass is 10.1. The Morgan fingerprint density at radius 1 is 1.03 bits per heavy atom. The number of aryl methyl sites for hydroxylation is 1. The van der Waals surface area contributed by atoms with Gasteiger partial charge in [0.25, 0.3) is 6.47 Å². The van der Waals surface area contributed by atoms with Crippen LogP contribution in [-0.2, 0) is 52.8 Å². The van der Waals surface area contributed by atoms with Crippen molar-refractivity contribution in [2.45, 2.75) is 52.4 Å². The molecule has 0 amide bonds. The fraction of sp³-hybridized carbons (Fsp3) is 0.560. The van der Waals surface area contributed by atoms with Crippen LogP contribution in [0.25, 0.3) is 0 Å². The molecule has 2 aliphatic heterocycles. The average molecular weight is 557 g/mol. The third kappa shape index (κ3) is 11.3. The second-order valence-corrected chi connectivity index (χ2v) is 8.71. The zero-order valence-corrected chi connectivity index (χ0v) is 22.1. The van der Waals surface area contributed by atoms with Gasteiger partial charge in [-0.25, -0.2) is 19.3 Å². The zero-order valence-electron chi connectivity index (χ0n) is 22.1. The highest BCUT2D eigenvalue weighted by atomic mass is 17.5. The first-order chi connectivity index (χ1) is 18.6. The van der Waals surface area contributed by atoms with Crippen molar-refractivity contribution in [2.75, 3.05) is 33.0 Å². The van der Waals surface area contributed by atoms with Crippen molar-refractivity contribution in [1.29, 1.82) is 0 Å². The van der Waals surface area contributed by atoms with Crippen LogP contribution in [0.15, 0.2) is 18.2 Å². The third-order valence-corrected chi connectivity index (χ3v) is 5.04. The minimum Gasteiger partial charge on any atom is -0.464 e. The summed E-state index contributed by atoms with van der Waals surface area (Å²) in [5, 5.41) is 4.25. The third-order valence-electron chi connectivity index (χ3n) is 5.04. The lowest BCUT2D eigenvalue weighted by molar-refractivity contribution is -0.460. The van der Waals surface area contributed by atoms with Crippen LogP contribution < -0.4 is 0 Å². The number of rotatable bonds is 12. The first-order valence-corrected chi connectivity index (χ1v) is 12.1. The molecular weight excluding hydrogens is 524 g/mol. The Morgan fingerprint density at radius 2 is 1.67 bits per heavy atom. The maximum absolute atomic E-state index is 12.2. The Bertz CT molecular complexity index is 985.